The maximum atomic E-state index is 5.99. The van der Waals surface area contributed by atoms with Gasteiger partial charge in [0.05, 0.1) is 13.7 Å². The van der Waals surface area contributed by atoms with Gasteiger partial charge in [0, 0.05) is 31.4 Å². The van der Waals surface area contributed by atoms with Crippen LogP contribution in [0.15, 0.2) is 53.2 Å². The Balaban J connectivity index is 1.51. The Morgan fingerprint density at radius 2 is 1.96 bits per heavy atom. The Kier molecular flexibility index (Phi) is 5.56. The number of hydrogen-bond acceptors (Lipinski definition) is 4. The van der Waals surface area contributed by atoms with Gasteiger partial charge in [-0.25, -0.2) is 4.98 Å². The number of methoxy groups -OCH3 is 1. The minimum absolute atomic E-state index is 0.802. The summed E-state index contributed by atoms with van der Waals surface area (Å²) in [6.45, 7) is 1.81. The molecule has 0 fully saturated rings. The van der Waals surface area contributed by atoms with Crippen molar-refractivity contribution in [1.29, 1.82) is 0 Å². The average Bonchev–Trinajstić information content (AvgIpc) is 3.24. The molecule has 0 bridgehead atoms. The molecule has 132 valence electrons. The number of ether oxygens (including phenoxy) is 1. The first kappa shape index (κ1) is 17.3. The van der Waals surface area contributed by atoms with E-state index in [1.807, 2.05) is 49.8 Å². The number of rotatable bonds is 8. The Bertz CT molecular complexity index is 789. The summed E-state index contributed by atoms with van der Waals surface area (Å²) >= 11 is 0. The fourth-order valence-electron chi connectivity index (χ4n) is 2.86. The van der Waals surface area contributed by atoms with Gasteiger partial charge in [-0.1, -0.05) is 0 Å². The van der Waals surface area contributed by atoms with Crippen molar-refractivity contribution in [3.63, 3.8) is 0 Å². The van der Waals surface area contributed by atoms with Crippen LogP contribution in [0.3, 0.4) is 0 Å². The highest BCUT2D eigenvalue weighted by Crippen LogP contribution is 2.24. The first-order valence-corrected chi connectivity index (χ1v) is 8.53. The summed E-state index contributed by atoms with van der Waals surface area (Å²) < 4.78 is 13.3. The molecule has 25 heavy (non-hydrogen) atoms. The zero-order chi connectivity index (χ0) is 17.6. The SMILES string of the molecule is COc1ccc(-c2ccc(CN(C)CCCc3nccn3C)o2)cc1. The van der Waals surface area contributed by atoms with Crippen molar-refractivity contribution >= 4 is 0 Å². The minimum Gasteiger partial charge on any atom is -0.497 e. The molecule has 2 heterocycles. The maximum Gasteiger partial charge on any atom is 0.134 e. The summed E-state index contributed by atoms with van der Waals surface area (Å²) in [6, 6.07) is 12.0. The van der Waals surface area contributed by atoms with Crippen LogP contribution in [0.4, 0.5) is 0 Å². The smallest absolute Gasteiger partial charge is 0.134 e. The zero-order valence-electron chi connectivity index (χ0n) is 15.1. The molecule has 0 radical (unpaired) electrons. The van der Waals surface area contributed by atoms with E-state index in [1.165, 1.54) is 0 Å². The quantitative estimate of drug-likeness (QED) is 0.627. The predicted octanol–water partition coefficient (Wildman–Crippen LogP) is 3.75. The average molecular weight is 339 g/mol. The highest BCUT2D eigenvalue weighted by Gasteiger charge is 2.08. The van der Waals surface area contributed by atoms with E-state index in [0.717, 1.165) is 54.6 Å². The van der Waals surface area contributed by atoms with Gasteiger partial charge >= 0.3 is 0 Å². The second kappa shape index (κ2) is 8.03. The van der Waals surface area contributed by atoms with Gasteiger partial charge in [0.25, 0.3) is 0 Å². The molecule has 0 saturated heterocycles. The van der Waals surface area contributed by atoms with Crippen LogP contribution in [0.2, 0.25) is 0 Å². The van der Waals surface area contributed by atoms with Gasteiger partial charge in [-0.2, -0.15) is 0 Å². The number of imidazole rings is 1. The standard InChI is InChI=1S/C20H25N3O2/c1-22(13-4-5-20-21-12-14-23(20)2)15-18-10-11-19(25-18)16-6-8-17(24-3)9-7-16/h6-12,14H,4-5,13,15H2,1-3H3. The van der Waals surface area contributed by atoms with Crippen LogP contribution in [0, 0.1) is 0 Å². The lowest BCUT2D eigenvalue weighted by Gasteiger charge is -2.14. The van der Waals surface area contributed by atoms with Crippen LogP contribution in [-0.2, 0) is 20.0 Å². The summed E-state index contributed by atoms with van der Waals surface area (Å²) in [4.78, 5) is 6.64. The lowest BCUT2D eigenvalue weighted by Crippen LogP contribution is -2.19. The molecule has 5 nitrogen and oxygen atoms in total. The minimum atomic E-state index is 0.802. The van der Waals surface area contributed by atoms with E-state index in [0.29, 0.717) is 0 Å². The van der Waals surface area contributed by atoms with Crippen LogP contribution >= 0.6 is 0 Å². The summed E-state index contributed by atoms with van der Waals surface area (Å²) in [5.74, 6) is 3.85. The van der Waals surface area contributed by atoms with Crippen molar-refractivity contribution in [3.05, 3.63) is 60.4 Å². The fraction of sp³-hybridized carbons (Fsp3) is 0.350. The van der Waals surface area contributed by atoms with Crippen molar-refractivity contribution in [3.8, 4) is 17.1 Å². The topological polar surface area (TPSA) is 43.4 Å². The van der Waals surface area contributed by atoms with Crippen molar-refractivity contribution in [2.24, 2.45) is 7.05 Å². The van der Waals surface area contributed by atoms with E-state index in [9.17, 15) is 0 Å². The third-order valence-corrected chi connectivity index (χ3v) is 4.32. The van der Waals surface area contributed by atoms with Gasteiger partial charge in [-0.05, 0) is 56.4 Å². The molecule has 2 aromatic heterocycles. The van der Waals surface area contributed by atoms with Crippen LogP contribution in [0.5, 0.6) is 5.75 Å². The highest BCUT2D eigenvalue weighted by molar-refractivity contribution is 5.58. The van der Waals surface area contributed by atoms with Gasteiger partial charge in [-0.3, -0.25) is 4.90 Å². The lowest BCUT2D eigenvalue weighted by molar-refractivity contribution is 0.292. The largest absolute Gasteiger partial charge is 0.497 e. The summed E-state index contributed by atoms with van der Waals surface area (Å²) in [7, 11) is 5.83. The highest BCUT2D eigenvalue weighted by atomic mass is 16.5. The van der Waals surface area contributed by atoms with Crippen LogP contribution in [0.25, 0.3) is 11.3 Å². The van der Waals surface area contributed by atoms with E-state index in [4.69, 9.17) is 9.15 Å². The van der Waals surface area contributed by atoms with E-state index in [1.54, 1.807) is 7.11 Å². The number of furan rings is 1. The first-order chi connectivity index (χ1) is 12.2. The molecular weight excluding hydrogens is 314 g/mol. The second-order valence-electron chi connectivity index (χ2n) is 6.29. The van der Waals surface area contributed by atoms with Gasteiger partial charge in [-0.15, -0.1) is 0 Å². The molecule has 0 amide bonds. The monoisotopic (exact) mass is 339 g/mol. The number of hydrogen-bond donors (Lipinski definition) is 0. The molecule has 3 rings (SSSR count). The van der Waals surface area contributed by atoms with Gasteiger partial charge in [0.15, 0.2) is 0 Å². The Hall–Kier alpha value is -2.53. The fourth-order valence-corrected chi connectivity index (χ4v) is 2.86. The van der Waals surface area contributed by atoms with Crippen LogP contribution in [-0.4, -0.2) is 35.2 Å². The van der Waals surface area contributed by atoms with Gasteiger partial charge in [0.2, 0.25) is 0 Å². The molecular formula is C20H25N3O2. The van der Waals surface area contributed by atoms with Crippen LogP contribution < -0.4 is 4.74 Å². The molecule has 0 aliphatic rings. The molecule has 1 aromatic carbocycles. The zero-order valence-corrected chi connectivity index (χ0v) is 15.1. The van der Waals surface area contributed by atoms with Gasteiger partial charge < -0.3 is 13.7 Å². The third kappa shape index (κ3) is 4.51. The number of aryl methyl sites for hydroxylation is 2. The maximum absolute atomic E-state index is 5.99. The van der Waals surface area contributed by atoms with Crippen LogP contribution in [0.1, 0.15) is 18.0 Å². The third-order valence-electron chi connectivity index (χ3n) is 4.32. The second-order valence-corrected chi connectivity index (χ2v) is 6.29. The number of aromatic nitrogens is 2. The van der Waals surface area contributed by atoms with Crippen molar-refractivity contribution in [2.45, 2.75) is 19.4 Å². The van der Waals surface area contributed by atoms with E-state index >= 15 is 0 Å². The molecule has 0 aliphatic heterocycles. The number of nitrogens with zero attached hydrogens (tertiary/aromatic N) is 3. The van der Waals surface area contributed by atoms with E-state index in [-0.39, 0.29) is 0 Å². The van der Waals surface area contributed by atoms with Crippen molar-refractivity contribution < 1.29 is 9.15 Å². The summed E-state index contributed by atoms with van der Waals surface area (Å²) in [6.07, 6.45) is 5.90. The lowest BCUT2D eigenvalue weighted by atomic mass is 10.2. The Labute approximate surface area is 148 Å². The van der Waals surface area contributed by atoms with E-state index in [2.05, 4.69) is 27.6 Å². The molecule has 0 aliphatic carbocycles. The van der Waals surface area contributed by atoms with Crippen molar-refractivity contribution in [1.82, 2.24) is 14.5 Å². The van der Waals surface area contributed by atoms with Crippen molar-refractivity contribution in [2.75, 3.05) is 20.7 Å². The summed E-state index contributed by atoms with van der Waals surface area (Å²) in [5.41, 5.74) is 1.06. The Morgan fingerprint density at radius 3 is 2.64 bits per heavy atom. The molecule has 5 heteroatoms. The molecule has 0 N–H and O–H groups in total. The summed E-state index contributed by atoms with van der Waals surface area (Å²) in [5, 5.41) is 0. The predicted molar refractivity (Wildman–Crippen MR) is 98.6 cm³/mol. The van der Waals surface area contributed by atoms with Gasteiger partial charge in [0.1, 0.15) is 23.1 Å². The molecule has 3 aromatic rings. The molecule has 0 unspecified atom stereocenters. The number of benzene rings is 1. The molecule has 0 atom stereocenters. The van der Waals surface area contributed by atoms with E-state index < -0.39 is 0 Å². The normalized spacial score (nSPS) is 11.2. The molecule has 0 saturated carbocycles. The Morgan fingerprint density at radius 1 is 1.16 bits per heavy atom. The first-order valence-electron chi connectivity index (χ1n) is 8.53. The molecule has 0 spiro atoms.